The highest BCUT2D eigenvalue weighted by atomic mass is 16.5. The van der Waals surface area contributed by atoms with Gasteiger partial charge in [0.15, 0.2) is 5.78 Å². The fourth-order valence-electron chi connectivity index (χ4n) is 1.54. The molecule has 0 N–H and O–H groups in total. The van der Waals surface area contributed by atoms with Crippen LogP contribution in [0.5, 0.6) is 0 Å². The normalized spacial score (nSPS) is 9.94. The zero-order valence-corrected chi connectivity index (χ0v) is 9.87. The van der Waals surface area contributed by atoms with Gasteiger partial charge in [0.05, 0.1) is 13.0 Å². The molecule has 1 rings (SSSR count). The number of ketones is 1. The Morgan fingerprint density at radius 3 is 2.56 bits per heavy atom. The first-order valence-corrected chi connectivity index (χ1v) is 5.30. The summed E-state index contributed by atoms with van der Waals surface area (Å²) in [5.74, 6) is -0.322. The molecule has 1 aromatic carbocycles. The van der Waals surface area contributed by atoms with E-state index in [4.69, 9.17) is 4.74 Å². The Balaban J connectivity index is 2.95. The molecule has 3 heteroatoms. The Bertz CT molecular complexity index is 408. The molecule has 0 unspecified atom stereocenters. The summed E-state index contributed by atoms with van der Waals surface area (Å²) in [6, 6.07) is 5.50. The van der Waals surface area contributed by atoms with E-state index in [9.17, 15) is 9.59 Å². The van der Waals surface area contributed by atoms with Crippen molar-refractivity contribution in [3.8, 4) is 0 Å². The van der Waals surface area contributed by atoms with Gasteiger partial charge in [0.2, 0.25) is 0 Å². The molecule has 0 saturated heterocycles. The molecule has 0 radical (unpaired) electrons. The van der Waals surface area contributed by atoms with Crippen molar-refractivity contribution in [3.63, 3.8) is 0 Å². The molecule has 3 nitrogen and oxygen atoms in total. The van der Waals surface area contributed by atoms with E-state index in [0.717, 1.165) is 11.1 Å². The van der Waals surface area contributed by atoms with Gasteiger partial charge in [0.25, 0.3) is 0 Å². The van der Waals surface area contributed by atoms with Crippen LogP contribution in [0.15, 0.2) is 18.2 Å². The lowest BCUT2D eigenvalue weighted by molar-refractivity contribution is -0.142. The van der Waals surface area contributed by atoms with E-state index in [1.807, 2.05) is 19.1 Å². The highest BCUT2D eigenvalue weighted by Gasteiger charge is 2.11. The quantitative estimate of drug-likeness (QED) is 0.577. The lowest BCUT2D eigenvalue weighted by Gasteiger charge is -2.07. The van der Waals surface area contributed by atoms with Gasteiger partial charge in [0.1, 0.15) is 0 Å². The maximum Gasteiger partial charge on any atom is 0.310 e. The Morgan fingerprint density at radius 2 is 2.00 bits per heavy atom. The number of aryl methyl sites for hydroxylation is 1. The molecule has 86 valence electrons. The number of hydrogen-bond acceptors (Lipinski definition) is 3. The molecule has 0 amide bonds. The number of carbonyl (C=O) groups is 2. The van der Waals surface area contributed by atoms with Gasteiger partial charge in [-0.3, -0.25) is 9.59 Å². The van der Waals surface area contributed by atoms with Crippen LogP contribution in [-0.2, 0) is 16.0 Å². The summed E-state index contributed by atoms with van der Waals surface area (Å²) in [5, 5.41) is 0. The molecule has 0 aliphatic heterocycles. The third-order valence-corrected chi connectivity index (χ3v) is 2.28. The second-order valence-electron chi connectivity index (χ2n) is 3.70. The topological polar surface area (TPSA) is 43.4 Å². The first-order valence-electron chi connectivity index (χ1n) is 5.30. The molecule has 0 saturated carbocycles. The van der Waals surface area contributed by atoms with Crippen molar-refractivity contribution in [2.45, 2.75) is 27.2 Å². The molecule has 0 spiro atoms. The lowest BCUT2D eigenvalue weighted by atomic mass is 9.99. The monoisotopic (exact) mass is 220 g/mol. The van der Waals surface area contributed by atoms with Crippen LogP contribution in [0, 0.1) is 6.92 Å². The fraction of sp³-hybridized carbons (Fsp3) is 0.385. The minimum Gasteiger partial charge on any atom is -0.466 e. The minimum absolute atomic E-state index is 0.0250. The van der Waals surface area contributed by atoms with Crippen LogP contribution in [-0.4, -0.2) is 18.4 Å². The summed E-state index contributed by atoms with van der Waals surface area (Å²) >= 11 is 0. The predicted molar refractivity (Wildman–Crippen MR) is 61.5 cm³/mol. The maximum absolute atomic E-state index is 11.4. The van der Waals surface area contributed by atoms with E-state index in [1.54, 1.807) is 13.0 Å². The van der Waals surface area contributed by atoms with Crippen LogP contribution < -0.4 is 0 Å². The second-order valence-corrected chi connectivity index (χ2v) is 3.70. The summed E-state index contributed by atoms with van der Waals surface area (Å²) < 4.78 is 4.86. The second kappa shape index (κ2) is 5.45. The molecule has 1 aromatic rings. The lowest BCUT2D eigenvalue weighted by Crippen LogP contribution is -2.10. The van der Waals surface area contributed by atoms with Crippen molar-refractivity contribution >= 4 is 11.8 Å². The number of carbonyl (C=O) groups excluding carboxylic acids is 2. The summed E-state index contributed by atoms with van der Waals surface area (Å²) in [7, 11) is 0. The minimum atomic E-state index is -0.297. The van der Waals surface area contributed by atoms with E-state index in [-0.39, 0.29) is 18.2 Å². The molecule has 0 aromatic heterocycles. The third-order valence-electron chi connectivity index (χ3n) is 2.28. The van der Waals surface area contributed by atoms with Crippen LogP contribution in [0.2, 0.25) is 0 Å². The van der Waals surface area contributed by atoms with Gasteiger partial charge in [-0.25, -0.2) is 0 Å². The van der Waals surface area contributed by atoms with Crippen LogP contribution in [0.3, 0.4) is 0 Å². The van der Waals surface area contributed by atoms with Crippen LogP contribution in [0.25, 0.3) is 0 Å². The SMILES string of the molecule is CCOC(=O)Cc1ccc(C)cc1C(C)=O. The molecule has 0 heterocycles. The van der Waals surface area contributed by atoms with Crippen LogP contribution in [0.1, 0.15) is 35.3 Å². The summed E-state index contributed by atoms with van der Waals surface area (Å²) in [5.41, 5.74) is 2.35. The van der Waals surface area contributed by atoms with Crippen LogP contribution in [0.4, 0.5) is 0 Å². The largest absolute Gasteiger partial charge is 0.466 e. The van der Waals surface area contributed by atoms with Crippen molar-refractivity contribution in [1.82, 2.24) is 0 Å². The average molecular weight is 220 g/mol. The number of esters is 1. The predicted octanol–water partition coefficient (Wildman–Crippen LogP) is 2.30. The van der Waals surface area contributed by atoms with Crippen LogP contribution >= 0.6 is 0 Å². The van der Waals surface area contributed by atoms with E-state index in [2.05, 4.69) is 0 Å². The fourth-order valence-corrected chi connectivity index (χ4v) is 1.54. The van der Waals surface area contributed by atoms with E-state index in [1.165, 1.54) is 6.92 Å². The highest BCUT2D eigenvalue weighted by Crippen LogP contribution is 2.13. The number of Topliss-reactive ketones (excluding diaryl/α,β-unsaturated/α-hetero) is 1. The zero-order valence-electron chi connectivity index (χ0n) is 9.87. The molecule has 0 aliphatic carbocycles. The van der Waals surface area contributed by atoms with E-state index in [0.29, 0.717) is 12.2 Å². The molecule has 0 aliphatic rings. The highest BCUT2D eigenvalue weighted by molar-refractivity contribution is 5.96. The molecular formula is C13H16O3. The van der Waals surface area contributed by atoms with E-state index >= 15 is 0 Å². The number of ether oxygens (including phenoxy) is 1. The van der Waals surface area contributed by atoms with E-state index < -0.39 is 0 Å². The summed E-state index contributed by atoms with van der Waals surface area (Å²) in [6.07, 6.45) is 0.156. The van der Waals surface area contributed by atoms with Crippen molar-refractivity contribution in [2.75, 3.05) is 6.61 Å². The number of benzene rings is 1. The summed E-state index contributed by atoms with van der Waals surface area (Å²) in [6.45, 7) is 5.54. The van der Waals surface area contributed by atoms with Gasteiger partial charge in [-0.05, 0) is 32.4 Å². The van der Waals surface area contributed by atoms with Gasteiger partial charge in [0, 0.05) is 5.56 Å². The summed E-state index contributed by atoms with van der Waals surface area (Å²) in [4.78, 5) is 22.7. The molecule has 0 bridgehead atoms. The van der Waals surface area contributed by atoms with Crippen molar-refractivity contribution in [1.29, 1.82) is 0 Å². The average Bonchev–Trinajstić information content (AvgIpc) is 2.20. The van der Waals surface area contributed by atoms with Crippen molar-refractivity contribution < 1.29 is 14.3 Å². The third kappa shape index (κ3) is 3.19. The Hall–Kier alpha value is -1.64. The van der Waals surface area contributed by atoms with Gasteiger partial charge in [-0.2, -0.15) is 0 Å². The molecule has 16 heavy (non-hydrogen) atoms. The first kappa shape index (κ1) is 12.4. The standard InChI is InChI=1S/C13H16O3/c1-4-16-13(15)8-11-6-5-9(2)7-12(11)10(3)14/h5-7H,4,8H2,1-3H3. The Morgan fingerprint density at radius 1 is 1.31 bits per heavy atom. The zero-order chi connectivity index (χ0) is 12.1. The van der Waals surface area contributed by atoms with Gasteiger partial charge >= 0.3 is 5.97 Å². The molecule has 0 fully saturated rings. The van der Waals surface area contributed by atoms with Gasteiger partial charge in [-0.15, -0.1) is 0 Å². The first-order chi connectivity index (χ1) is 7.54. The molecular weight excluding hydrogens is 204 g/mol. The number of hydrogen-bond donors (Lipinski definition) is 0. The number of rotatable bonds is 4. The van der Waals surface area contributed by atoms with Crippen molar-refractivity contribution in [2.24, 2.45) is 0 Å². The Kier molecular flexibility index (Phi) is 4.23. The van der Waals surface area contributed by atoms with Gasteiger partial charge < -0.3 is 4.74 Å². The smallest absolute Gasteiger partial charge is 0.310 e. The maximum atomic E-state index is 11.4. The van der Waals surface area contributed by atoms with Gasteiger partial charge in [-0.1, -0.05) is 17.7 Å². The van der Waals surface area contributed by atoms with Crippen molar-refractivity contribution in [3.05, 3.63) is 34.9 Å². The molecule has 0 atom stereocenters. The Labute approximate surface area is 95.4 Å².